The number of oxime groups is 1. The quantitative estimate of drug-likeness (QED) is 0.781. The molecule has 26 heavy (non-hydrogen) atoms. The number of carbonyl (C=O) groups excluding carboxylic acids is 2. The van der Waals surface area contributed by atoms with Gasteiger partial charge >= 0.3 is 6.03 Å². The molecule has 1 saturated heterocycles. The summed E-state index contributed by atoms with van der Waals surface area (Å²) in [5.74, 6) is -0.301. The highest BCUT2D eigenvalue weighted by molar-refractivity contribution is 9.10. The van der Waals surface area contributed by atoms with Crippen molar-refractivity contribution in [2.75, 3.05) is 11.5 Å². The molecular formula is C19H16BrN3O3. The van der Waals surface area contributed by atoms with Crippen molar-refractivity contribution in [2.24, 2.45) is 11.1 Å². The van der Waals surface area contributed by atoms with Crippen molar-refractivity contribution in [3.63, 3.8) is 0 Å². The van der Waals surface area contributed by atoms with Gasteiger partial charge in [0.1, 0.15) is 12.6 Å². The standard InChI is InChI=1S/C19H16BrN3O3/c20-14-8-6-12(7-9-14)17-13(11-26-22-17)10-16-18(24)23(19(25)21-16)15-4-2-1-3-5-15/h1-9,13,16H,10-11H2,(H,21,25)/t13?,16-/m0/s1. The van der Waals surface area contributed by atoms with E-state index in [1.165, 1.54) is 4.90 Å². The molecule has 2 aliphatic heterocycles. The Morgan fingerprint density at radius 3 is 2.58 bits per heavy atom. The number of imide groups is 1. The Kier molecular flexibility index (Phi) is 4.46. The zero-order valence-electron chi connectivity index (χ0n) is 13.8. The highest BCUT2D eigenvalue weighted by atomic mass is 79.9. The van der Waals surface area contributed by atoms with E-state index in [1.54, 1.807) is 24.3 Å². The van der Waals surface area contributed by atoms with E-state index in [0.717, 1.165) is 15.7 Å². The molecule has 0 spiro atoms. The van der Waals surface area contributed by atoms with Gasteiger partial charge in [-0.05, 0) is 36.2 Å². The third kappa shape index (κ3) is 3.10. The van der Waals surface area contributed by atoms with E-state index < -0.39 is 12.1 Å². The highest BCUT2D eigenvalue weighted by Gasteiger charge is 2.41. The Balaban J connectivity index is 1.51. The normalized spacial score (nSPS) is 22.2. The van der Waals surface area contributed by atoms with E-state index in [1.807, 2.05) is 30.3 Å². The van der Waals surface area contributed by atoms with Crippen molar-refractivity contribution in [1.82, 2.24) is 5.32 Å². The van der Waals surface area contributed by atoms with Crippen molar-refractivity contribution in [2.45, 2.75) is 12.5 Å². The molecule has 2 aromatic carbocycles. The minimum Gasteiger partial charge on any atom is -0.395 e. The second-order valence-electron chi connectivity index (χ2n) is 6.22. The number of hydrogen-bond acceptors (Lipinski definition) is 4. The number of halogens is 1. The van der Waals surface area contributed by atoms with Crippen LogP contribution in [0.4, 0.5) is 10.5 Å². The molecule has 2 heterocycles. The van der Waals surface area contributed by atoms with Gasteiger partial charge in [-0.2, -0.15) is 0 Å². The van der Waals surface area contributed by atoms with Crippen LogP contribution < -0.4 is 10.2 Å². The Morgan fingerprint density at radius 2 is 1.85 bits per heavy atom. The molecule has 0 saturated carbocycles. The summed E-state index contributed by atoms with van der Waals surface area (Å²) in [7, 11) is 0. The predicted molar refractivity (Wildman–Crippen MR) is 101 cm³/mol. The van der Waals surface area contributed by atoms with Crippen molar-refractivity contribution in [1.29, 1.82) is 0 Å². The molecule has 1 N–H and O–H groups in total. The summed E-state index contributed by atoms with van der Waals surface area (Å²) in [6.45, 7) is 0.399. The number of nitrogens with one attached hydrogen (secondary N) is 1. The van der Waals surface area contributed by atoms with Crippen LogP contribution in [-0.2, 0) is 9.63 Å². The molecule has 0 radical (unpaired) electrons. The molecule has 2 atom stereocenters. The number of rotatable bonds is 4. The number of hydrogen-bond donors (Lipinski definition) is 1. The van der Waals surface area contributed by atoms with Crippen LogP contribution in [0.5, 0.6) is 0 Å². The number of para-hydroxylation sites is 1. The summed E-state index contributed by atoms with van der Waals surface area (Å²) in [4.78, 5) is 31.5. The fourth-order valence-electron chi connectivity index (χ4n) is 3.24. The predicted octanol–water partition coefficient (Wildman–Crippen LogP) is 3.31. The maximum atomic E-state index is 12.7. The van der Waals surface area contributed by atoms with Crippen molar-refractivity contribution >= 4 is 39.3 Å². The van der Waals surface area contributed by atoms with E-state index in [2.05, 4.69) is 26.4 Å². The van der Waals surface area contributed by atoms with Gasteiger partial charge in [0, 0.05) is 10.4 Å². The molecule has 1 fully saturated rings. The molecule has 0 bridgehead atoms. The Hall–Kier alpha value is -2.67. The molecule has 132 valence electrons. The van der Waals surface area contributed by atoms with Crippen molar-refractivity contribution in [3.8, 4) is 0 Å². The monoisotopic (exact) mass is 413 g/mol. The van der Waals surface area contributed by atoms with Crippen LogP contribution in [0.3, 0.4) is 0 Å². The van der Waals surface area contributed by atoms with Crippen LogP contribution in [0.15, 0.2) is 64.2 Å². The van der Waals surface area contributed by atoms with E-state index in [0.29, 0.717) is 18.7 Å². The zero-order chi connectivity index (χ0) is 18.1. The lowest BCUT2D eigenvalue weighted by molar-refractivity contribution is -0.118. The molecule has 0 aromatic heterocycles. The lowest BCUT2D eigenvalue weighted by Crippen LogP contribution is -2.34. The maximum Gasteiger partial charge on any atom is 0.329 e. The number of carbonyl (C=O) groups is 2. The van der Waals surface area contributed by atoms with Gasteiger partial charge in [0.2, 0.25) is 0 Å². The van der Waals surface area contributed by atoms with Gasteiger partial charge in [-0.15, -0.1) is 0 Å². The summed E-state index contributed by atoms with van der Waals surface area (Å²) >= 11 is 3.41. The molecule has 3 amide bonds. The number of benzene rings is 2. The van der Waals surface area contributed by atoms with Gasteiger partial charge in [0.15, 0.2) is 0 Å². The summed E-state index contributed by atoms with van der Waals surface area (Å²) in [5.41, 5.74) is 2.33. The first-order valence-electron chi connectivity index (χ1n) is 8.29. The summed E-state index contributed by atoms with van der Waals surface area (Å²) in [5, 5.41) is 6.92. The van der Waals surface area contributed by atoms with Crippen molar-refractivity contribution < 1.29 is 14.4 Å². The number of urea groups is 1. The van der Waals surface area contributed by atoms with Gasteiger partial charge < -0.3 is 10.2 Å². The minimum absolute atomic E-state index is 0.0545. The van der Waals surface area contributed by atoms with Gasteiger partial charge in [0.05, 0.1) is 11.4 Å². The molecule has 2 aliphatic rings. The highest BCUT2D eigenvalue weighted by Crippen LogP contribution is 2.26. The lowest BCUT2D eigenvalue weighted by atomic mass is 9.91. The topological polar surface area (TPSA) is 71.0 Å². The van der Waals surface area contributed by atoms with Crippen LogP contribution in [0.2, 0.25) is 0 Å². The first-order chi connectivity index (χ1) is 12.6. The Labute approximate surface area is 158 Å². The van der Waals surface area contributed by atoms with Crippen LogP contribution in [0.25, 0.3) is 0 Å². The first-order valence-corrected chi connectivity index (χ1v) is 9.08. The molecule has 2 aromatic rings. The Bertz CT molecular complexity index is 867. The lowest BCUT2D eigenvalue weighted by Gasteiger charge is -2.15. The Morgan fingerprint density at radius 1 is 1.12 bits per heavy atom. The molecule has 7 heteroatoms. The fraction of sp³-hybridized carbons (Fsp3) is 0.211. The largest absolute Gasteiger partial charge is 0.395 e. The van der Waals surface area contributed by atoms with Gasteiger partial charge in [-0.1, -0.05) is 51.4 Å². The van der Waals surface area contributed by atoms with Crippen LogP contribution >= 0.6 is 15.9 Å². The summed E-state index contributed by atoms with van der Waals surface area (Å²) < 4.78 is 0.981. The third-order valence-electron chi connectivity index (χ3n) is 4.52. The van der Waals surface area contributed by atoms with Crippen LogP contribution in [0, 0.1) is 5.92 Å². The first kappa shape index (κ1) is 16.8. The van der Waals surface area contributed by atoms with Gasteiger partial charge in [-0.3, -0.25) is 4.79 Å². The average Bonchev–Trinajstić information content (AvgIpc) is 3.21. The molecular weight excluding hydrogens is 398 g/mol. The number of nitrogens with zero attached hydrogens (tertiary/aromatic N) is 2. The second-order valence-corrected chi connectivity index (χ2v) is 7.14. The summed E-state index contributed by atoms with van der Waals surface area (Å²) in [6, 6.07) is 15.7. The average molecular weight is 414 g/mol. The molecule has 4 rings (SSSR count). The minimum atomic E-state index is -0.588. The second kappa shape index (κ2) is 6.92. The van der Waals surface area contributed by atoms with Gasteiger partial charge in [-0.25, -0.2) is 9.69 Å². The summed E-state index contributed by atoms with van der Waals surface area (Å²) in [6.07, 6.45) is 0.447. The SMILES string of the molecule is O=C1N[C@@H](CC2CON=C2c2ccc(Br)cc2)C(=O)N1c1ccccc1. The van der Waals surface area contributed by atoms with Crippen LogP contribution in [-0.4, -0.2) is 30.3 Å². The van der Waals surface area contributed by atoms with E-state index in [9.17, 15) is 9.59 Å². The number of anilines is 1. The van der Waals surface area contributed by atoms with E-state index in [-0.39, 0.29) is 11.8 Å². The molecule has 6 nitrogen and oxygen atoms in total. The molecule has 1 unspecified atom stereocenters. The smallest absolute Gasteiger partial charge is 0.329 e. The molecule has 0 aliphatic carbocycles. The zero-order valence-corrected chi connectivity index (χ0v) is 15.3. The van der Waals surface area contributed by atoms with Gasteiger partial charge in [0.25, 0.3) is 5.91 Å². The van der Waals surface area contributed by atoms with Crippen LogP contribution in [0.1, 0.15) is 12.0 Å². The van der Waals surface area contributed by atoms with Crippen molar-refractivity contribution in [3.05, 3.63) is 64.6 Å². The number of amides is 3. The third-order valence-corrected chi connectivity index (χ3v) is 5.05. The van der Waals surface area contributed by atoms with E-state index >= 15 is 0 Å². The maximum absolute atomic E-state index is 12.7. The van der Waals surface area contributed by atoms with E-state index in [4.69, 9.17) is 4.84 Å². The fourth-order valence-corrected chi connectivity index (χ4v) is 3.50.